The summed E-state index contributed by atoms with van der Waals surface area (Å²) in [5.41, 5.74) is 4.68. The van der Waals surface area contributed by atoms with E-state index in [0.29, 0.717) is 23.0 Å². The number of β-amino-alcohol motifs (C(OH)–C–C–N with tert-alkyl or cyclic N) is 1. The Bertz CT molecular complexity index is 496. The van der Waals surface area contributed by atoms with Crippen molar-refractivity contribution >= 4 is 29.1 Å². The summed E-state index contributed by atoms with van der Waals surface area (Å²) in [6, 6.07) is 5.26. The maximum Gasteiger partial charge on any atom is 0.250 e. The number of likely N-dealkylation sites (tertiary alicyclic amines) is 1. The Morgan fingerprint density at radius 1 is 1.47 bits per heavy atom. The molecule has 0 aliphatic carbocycles. The number of aliphatic hydroxyl groups is 1. The average Bonchev–Trinajstić information content (AvgIpc) is 2.34. The van der Waals surface area contributed by atoms with E-state index in [2.05, 4.69) is 0 Å². The van der Waals surface area contributed by atoms with Crippen LogP contribution in [0.1, 0.15) is 18.4 Å². The van der Waals surface area contributed by atoms with Crippen molar-refractivity contribution in [3.63, 3.8) is 0 Å². The number of nitrogens with two attached hydrogens (primary N) is 1. The summed E-state index contributed by atoms with van der Waals surface area (Å²) in [6.45, 7) is 1.55. The normalized spacial score (nSPS) is 24.4. The van der Waals surface area contributed by atoms with Crippen LogP contribution in [-0.4, -0.2) is 34.6 Å². The maximum atomic E-state index is 11.3. The van der Waals surface area contributed by atoms with Crippen LogP contribution in [0.5, 0.6) is 0 Å². The molecule has 6 heteroatoms. The van der Waals surface area contributed by atoms with Gasteiger partial charge in [-0.2, -0.15) is 0 Å². The summed E-state index contributed by atoms with van der Waals surface area (Å²) in [4.78, 5) is 13.3. The van der Waals surface area contributed by atoms with Gasteiger partial charge in [0.1, 0.15) is 0 Å². The highest BCUT2D eigenvalue weighted by molar-refractivity contribution is 6.33. The second kappa shape index (κ2) is 5.67. The Balaban J connectivity index is 2.11. The molecule has 2 rings (SSSR count). The van der Waals surface area contributed by atoms with Gasteiger partial charge in [0.2, 0.25) is 0 Å². The molecule has 0 unspecified atom stereocenters. The minimum atomic E-state index is -1.44. The Hall–Kier alpha value is -0.810. The Morgan fingerprint density at radius 2 is 2.21 bits per heavy atom. The van der Waals surface area contributed by atoms with Crippen LogP contribution >= 0.6 is 23.2 Å². The molecule has 0 bridgehead atoms. The molecule has 1 aliphatic rings. The van der Waals surface area contributed by atoms with Crippen LogP contribution in [0.4, 0.5) is 0 Å². The summed E-state index contributed by atoms with van der Waals surface area (Å²) in [6.07, 6.45) is 1.12. The SMILES string of the molecule is NC(=O)[C@]1(O)CCCN(Cc2cc(Cl)ccc2Cl)C1. The second-order valence-corrected chi connectivity index (χ2v) is 5.79. The molecule has 19 heavy (non-hydrogen) atoms. The maximum absolute atomic E-state index is 11.3. The third kappa shape index (κ3) is 3.39. The molecule has 0 aromatic heterocycles. The number of primary amides is 1. The molecule has 1 heterocycles. The molecule has 1 aromatic carbocycles. The number of carbonyl (C=O) groups is 1. The number of rotatable bonds is 3. The van der Waals surface area contributed by atoms with Crippen molar-refractivity contribution in [3.8, 4) is 0 Å². The van der Waals surface area contributed by atoms with Crippen molar-refractivity contribution in [1.29, 1.82) is 0 Å². The fraction of sp³-hybridized carbons (Fsp3) is 0.462. The van der Waals surface area contributed by atoms with Gasteiger partial charge in [-0.15, -0.1) is 0 Å². The fourth-order valence-corrected chi connectivity index (χ4v) is 2.74. The minimum absolute atomic E-state index is 0.227. The molecule has 0 saturated carbocycles. The van der Waals surface area contributed by atoms with Gasteiger partial charge in [-0.1, -0.05) is 23.2 Å². The zero-order valence-electron chi connectivity index (χ0n) is 10.4. The number of amides is 1. The van der Waals surface area contributed by atoms with Crippen LogP contribution in [0.3, 0.4) is 0 Å². The first-order valence-electron chi connectivity index (χ1n) is 6.09. The van der Waals surface area contributed by atoms with Crippen LogP contribution < -0.4 is 5.73 Å². The lowest BCUT2D eigenvalue weighted by atomic mass is 9.92. The van der Waals surface area contributed by atoms with Gasteiger partial charge in [-0.25, -0.2) is 0 Å². The highest BCUT2D eigenvalue weighted by Crippen LogP contribution is 2.26. The van der Waals surface area contributed by atoms with Gasteiger partial charge in [0.05, 0.1) is 0 Å². The molecule has 0 radical (unpaired) electrons. The number of piperidine rings is 1. The van der Waals surface area contributed by atoms with Gasteiger partial charge in [0.25, 0.3) is 5.91 Å². The predicted octanol–water partition coefficient (Wildman–Crippen LogP) is 1.81. The average molecular weight is 303 g/mol. The number of nitrogens with zero attached hydrogens (tertiary/aromatic N) is 1. The molecule has 0 spiro atoms. The molecule has 1 atom stereocenters. The third-order valence-corrected chi connectivity index (χ3v) is 4.01. The molecular formula is C13H16Cl2N2O2. The molecule has 1 aliphatic heterocycles. The highest BCUT2D eigenvalue weighted by Gasteiger charge is 2.38. The number of hydrogen-bond donors (Lipinski definition) is 2. The van der Waals surface area contributed by atoms with E-state index in [4.69, 9.17) is 28.9 Å². The lowest BCUT2D eigenvalue weighted by Crippen LogP contribution is -2.55. The van der Waals surface area contributed by atoms with E-state index in [9.17, 15) is 9.90 Å². The van der Waals surface area contributed by atoms with Gasteiger partial charge in [-0.3, -0.25) is 9.69 Å². The Kier molecular flexibility index (Phi) is 4.36. The van der Waals surface area contributed by atoms with E-state index >= 15 is 0 Å². The van der Waals surface area contributed by atoms with Gasteiger partial charge in [0.15, 0.2) is 5.60 Å². The predicted molar refractivity (Wildman–Crippen MR) is 75.1 cm³/mol. The van der Waals surface area contributed by atoms with E-state index in [1.807, 2.05) is 4.90 Å². The fourth-order valence-electron chi connectivity index (χ4n) is 2.36. The molecule has 3 N–H and O–H groups in total. The van der Waals surface area contributed by atoms with Crippen molar-refractivity contribution in [2.45, 2.75) is 25.0 Å². The lowest BCUT2D eigenvalue weighted by Gasteiger charge is -2.37. The topological polar surface area (TPSA) is 66.6 Å². The summed E-state index contributed by atoms with van der Waals surface area (Å²) < 4.78 is 0. The van der Waals surface area contributed by atoms with Gasteiger partial charge >= 0.3 is 0 Å². The summed E-state index contributed by atoms with van der Waals surface area (Å²) >= 11 is 12.0. The van der Waals surface area contributed by atoms with E-state index in [1.54, 1.807) is 18.2 Å². The van der Waals surface area contributed by atoms with Crippen molar-refractivity contribution in [1.82, 2.24) is 4.90 Å². The zero-order valence-corrected chi connectivity index (χ0v) is 11.9. The van der Waals surface area contributed by atoms with E-state index in [1.165, 1.54) is 0 Å². The first-order valence-corrected chi connectivity index (χ1v) is 6.85. The van der Waals surface area contributed by atoms with Crippen LogP contribution in [0, 0.1) is 0 Å². The molecule has 1 saturated heterocycles. The van der Waals surface area contributed by atoms with Crippen molar-refractivity contribution in [2.24, 2.45) is 5.73 Å². The number of hydrogen-bond acceptors (Lipinski definition) is 3. The zero-order chi connectivity index (χ0) is 14.0. The highest BCUT2D eigenvalue weighted by atomic mass is 35.5. The third-order valence-electron chi connectivity index (χ3n) is 3.41. The minimum Gasteiger partial charge on any atom is -0.379 e. The summed E-state index contributed by atoms with van der Waals surface area (Å²) in [7, 11) is 0. The van der Waals surface area contributed by atoms with Gasteiger partial charge in [0, 0.05) is 23.1 Å². The number of carbonyl (C=O) groups excluding carboxylic acids is 1. The van der Waals surface area contributed by atoms with Gasteiger partial charge < -0.3 is 10.8 Å². The largest absolute Gasteiger partial charge is 0.379 e. The van der Waals surface area contributed by atoms with E-state index < -0.39 is 11.5 Å². The molecular weight excluding hydrogens is 287 g/mol. The first kappa shape index (κ1) is 14.6. The molecule has 104 valence electrons. The van der Waals surface area contributed by atoms with E-state index in [0.717, 1.165) is 18.5 Å². The first-order chi connectivity index (χ1) is 8.90. The number of halogens is 2. The molecule has 4 nitrogen and oxygen atoms in total. The number of benzene rings is 1. The van der Waals surface area contributed by atoms with Crippen molar-refractivity contribution in [3.05, 3.63) is 33.8 Å². The molecule has 1 aromatic rings. The second-order valence-electron chi connectivity index (χ2n) is 4.95. The van der Waals surface area contributed by atoms with Crippen molar-refractivity contribution in [2.75, 3.05) is 13.1 Å². The Labute approximate surface area is 122 Å². The van der Waals surface area contributed by atoms with Crippen LogP contribution in [0.15, 0.2) is 18.2 Å². The van der Waals surface area contributed by atoms with E-state index in [-0.39, 0.29) is 6.54 Å². The van der Waals surface area contributed by atoms with Crippen LogP contribution in [0.2, 0.25) is 10.0 Å². The smallest absolute Gasteiger partial charge is 0.250 e. The lowest BCUT2D eigenvalue weighted by molar-refractivity contribution is -0.142. The monoisotopic (exact) mass is 302 g/mol. The van der Waals surface area contributed by atoms with Crippen LogP contribution in [-0.2, 0) is 11.3 Å². The van der Waals surface area contributed by atoms with Crippen LogP contribution in [0.25, 0.3) is 0 Å². The van der Waals surface area contributed by atoms with Crippen molar-refractivity contribution < 1.29 is 9.90 Å². The molecule has 1 amide bonds. The molecule has 1 fully saturated rings. The quantitative estimate of drug-likeness (QED) is 0.895. The summed E-state index contributed by atoms with van der Waals surface area (Å²) in [5, 5.41) is 11.4. The van der Waals surface area contributed by atoms with Gasteiger partial charge in [-0.05, 0) is 43.1 Å². The summed E-state index contributed by atoms with van der Waals surface area (Å²) in [5.74, 6) is -0.672. The standard InChI is InChI=1S/C13H16Cl2N2O2/c14-10-2-3-11(15)9(6-10)7-17-5-1-4-13(19,8-17)12(16)18/h2-3,6,19H,1,4-5,7-8H2,(H2,16,18)/t13-/m0/s1. The Morgan fingerprint density at radius 3 is 2.89 bits per heavy atom.